The quantitative estimate of drug-likeness (QED) is 0.624. The Morgan fingerprint density at radius 1 is 0.722 bits per heavy atom. The number of rotatable bonds is 3. The summed E-state index contributed by atoms with van der Waals surface area (Å²) in [7, 11) is 3.71. The summed E-state index contributed by atoms with van der Waals surface area (Å²) < 4.78 is 0. The van der Waals surface area contributed by atoms with Crippen LogP contribution in [0.2, 0.25) is 0 Å². The van der Waals surface area contributed by atoms with E-state index in [-0.39, 0.29) is 0 Å². The van der Waals surface area contributed by atoms with Gasteiger partial charge in [0.2, 0.25) is 0 Å². The van der Waals surface area contributed by atoms with Crippen molar-refractivity contribution in [2.75, 3.05) is 36.2 Å². The number of anilines is 4. The maximum atomic E-state index is 5.97. The van der Waals surface area contributed by atoms with Crippen LogP contribution in [0.5, 0.6) is 0 Å². The van der Waals surface area contributed by atoms with E-state index in [9.17, 15) is 0 Å². The first kappa shape index (κ1) is 12.1. The number of nitrogens with one attached hydrogen (secondary N) is 2. The zero-order valence-corrected chi connectivity index (χ0v) is 10.6. The summed E-state index contributed by atoms with van der Waals surface area (Å²) in [6, 6.07) is 11.9. The zero-order valence-electron chi connectivity index (χ0n) is 10.6. The van der Waals surface area contributed by atoms with Crippen LogP contribution in [0, 0.1) is 0 Å². The van der Waals surface area contributed by atoms with Gasteiger partial charge in [0, 0.05) is 14.1 Å². The molecule has 0 heterocycles. The second-order valence-electron chi connectivity index (χ2n) is 4.10. The lowest BCUT2D eigenvalue weighted by Gasteiger charge is -2.10. The van der Waals surface area contributed by atoms with E-state index in [0.29, 0.717) is 0 Å². The van der Waals surface area contributed by atoms with Gasteiger partial charge in [0.15, 0.2) is 0 Å². The highest BCUT2D eigenvalue weighted by Crippen LogP contribution is 2.30. The van der Waals surface area contributed by atoms with Crippen molar-refractivity contribution < 1.29 is 0 Å². The van der Waals surface area contributed by atoms with Crippen molar-refractivity contribution in [1.29, 1.82) is 0 Å². The van der Waals surface area contributed by atoms with Crippen molar-refractivity contribution in [2.24, 2.45) is 0 Å². The van der Waals surface area contributed by atoms with Crippen molar-refractivity contribution in [3.8, 4) is 11.1 Å². The highest BCUT2D eigenvalue weighted by molar-refractivity contribution is 5.80. The van der Waals surface area contributed by atoms with Crippen molar-refractivity contribution in [2.45, 2.75) is 0 Å². The molecule has 0 spiro atoms. The highest BCUT2D eigenvalue weighted by Gasteiger charge is 2.04. The van der Waals surface area contributed by atoms with E-state index >= 15 is 0 Å². The van der Waals surface area contributed by atoms with Gasteiger partial charge in [-0.3, -0.25) is 0 Å². The summed E-state index contributed by atoms with van der Waals surface area (Å²) in [5.74, 6) is 0. The molecule has 4 nitrogen and oxygen atoms in total. The molecule has 0 unspecified atom stereocenters. The van der Waals surface area contributed by atoms with Crippen LogP contribution in [-0.4, -0.2) is 14.1 Å². The van der Waals surface area contributed by atoms with Crippen LogP contribution in [0.1, 0.15) is 0 Å². The fourth-order valence-electron chi connectivity index (χ4n) is 1.92. The van der Waals surface area contributed by atoms with Gasteiger partial charge in [0.25, 0.3) is 0 Å². The molecule has 2 aromatic rings. The minimum absolute atomic E-state index is 0.734. The Morgan fingerprint density at radius 3 is 1.94 bits per heavy atom. The van der Waals surface area contributed by atoms with E-state index in [1.54, 1.807) is 0 Å². The third-order valence-corrected chi connectivity index (χ3v) is 2.98. The van der Waals surface area contributed by atoms with Crippen LogP contribution in [0.4, 0.5) is 22.7 Å². The van der Waals surface area contributed by atoms with Gasteiger partial charge in [0.1, 0.15) is 0 Å². The molecule has 0 aliphatic heterocycles. The van der Waals surface area contributed by atoms with E-state index in [1.165, 1.54) is 0 Å². The molecule has 0 aliphatic rings. The van der Waals surface area contributed by atoms with Crippen LogP contribution in [0.3, 0.4) is 0 Å². The van der Waals surface area contributed by atoms with Crippen LogP contribution < -0.4 is 22.1 Å². The Kier molecular flexibility index (Phi) is 3.28. The van der Waals surface area contributed by atoms with Gasteiger partial charge >= 0.3 is 0 Å². The normalized spacial score (nSPS) is 10.1. The zero-order chi connectivity index (χ0) is 13.1. The van der Waals surface area contributed by atoms with Gasteiger partial charge in [-0.05, 0) is 35.4 Å². The van der Waals surface area contributed by atoms with Crippen LogP contribution >= 0.6 is 0 Å². The molecule has 0 aromatic heterocycles. The van der Waals surface area contributed by atoms with Gasteiger partial charge in [0.05, 0.1) is 22.7 Å². The number of nitrogen functional groups attached to an aromatic ring is 2. The fraction of sp³-hybridized carbons (Fsp3) is 0.143. The number of hydrogen-bond donors (Lipinski definition) is 4. The Balaban J connectivity index is 2.45. The molecule has 4 heteroatoms. The first-order chi connectivity index (χ1) is 8.65. The molecule has 6 N–H and O–H groups in total. The summed E-state index contributed by atoms with van der Waals surface area (Å²) in [6.45, 7) is 0. The summed E-state index contributed by atoms with van der Waals surface area (Å²) in [5.41, 5.74) is 17.3. The molecular weight excluding hydrogens is 224 g/mol. The molecule has 0 saturated carbocycles. The summed E-state index contributed by atoms with van der Waals surface area (Å²) >= 11 is 0. The number of hydrogen-bond acceptors (Lipinski definition) is 4. The standard InChI is InChI=1S/C14H18N4/c1-17-13-6-4-9(7-12(13)16)10-3-5-11(15)14(8-10)18-2/h3-8,17-18H,15-16H2,1-2H3. The molecule has 2 rings (SSSR count). The molecule has 0 atom stereocenters. The third-order valence-electron chi connectivity index (χ3n) is 2.98. The molecule has 0 radical (unpaired) electrons. The number of nitrogens with two attached hydrogens (primary N) is 2. The van der Waals surface area contributed by atoms with Crippen LogP contribution in [-0.2, 0) is 0 Å². The smallest absolute Gasteiger partial charge is 0.0577 e. The lowest BCUT2D eigenvalue weighted by Crippen LogP contribution is -1.97. The monoisotopic (exact) mass is 242 g/mol. The predicted molar refractivity (Wildman–Crippen MR) is 79.8 cm³/mol. The molecule has 0 bridgehead atoms. The SMILES string of the molecule is CNc1ccc(-c2ccc(N)c(NC)c2)cc1N. The van der Waals surface area contributed by atoms with Crippen LogP contribution in [0.15, 0.2) is 36.4 Å². The Hall–Kier alpha value is -2.36. The van der Waals surface area contributed by atoms with Crippen LogP contribution in [0.25, 0.3) is 11.1 Å². The van der Waals surface area contributed by atoms with Crippen molar-refractivity contribution in [3.63, 3.8) is 0 Å². The maximum absolute atomic E-state index is 5.97. The Morgan fingerprint density at radius 2 is 1.33 bits per heavy atom. The van der Waals surface area contributed by atoms with E-state index < -0.39 is 0 Å². The molecule has 18 heavy (non-hydrogen) atoms. The maximum Gasteiger partial charge on any atom is 0.0577 e. The second-order valence-corrected chi connectivity index (χ2v) is 4.10. The molecule has 0 saturated heterocycles. The van der Waals surface area contributed by atoms with Gasteiger partial charge in [-0.25, -0.2) is 0 Å². The van der Waals surface area contributed by atoms with E-state index in [4.69, 9.17) is 11.5 Å². The lowest BCUT2D eigenvalue weighted by atomic mass is 10.0. The van der Waals surface area contributed by atoms with Gasteiger partial charge < -0.3 is 22.1 Å². The highest BCUT2D eigenvalue weighted by atomic mass is 14.9. The molecule has 0 amide bonds. The van der Waals surface area contributed by atoms with Crippen molar-refractivity contribution in [1.82, 2.24) is 0 Å². The average molecular weight is 242 g/mol. The van der Waals surface area contributed by atoms with Crippen molar-refractivity contribution >= 4 is 22.7 Å². The molecule has 0 fully saturated rings. The third kappa shape index (κ3) is 2.18. The average Bonchev–Trinajstić information content (AvgIpc) is 2.39. The largest absolute Gasteiger partial charge is 0.397 e. The first-order valence-corrected chi connectivity index (χ1v) is 5.80. The van der Waals surface area contributed by atoms with E-state index in [1.807, 2.05) is 50.5 Å². The molecule has 94 valence electrons. The van der Waals surface area contributed by atoms with Crippen molar-refractivity contribution in [3.05, 3.63) is 36.4 Å². The summed E-state index contributed by atoms with van der Waals surface area (Å²) in [5, 5.41) is 6.12. The van der Waals surface area contributed by atoms with E-state index in [2.05, 4.69) is 10.6 Å². The van der Waals surface area contributed by atoms with Gasteiger partial charge in [-0.1, -0.05) is 12.1 Å². The first-order valence-electron chi connectivity index (χ1n) is 5.80. The summed E-state index contributed by atoms with van der Waals surface area (Å²) in [6.07, 6.45) is 0. The van der Waals surface area contributed by atoms with E-state index in [0.717, 1.165) is 33.9 Å². The predicted octanol–water partition coefficient (Wildman–Crippen LogP) is 2.60. The lowest BCUT2D eigenvalue weighted by molar-refractivity contribution is 1.49. The fourth-order valence-corrected chi connectivity index (χ4v) is 1.92. The molecule has 0 aliphatic carbocycles. The van der Waals surface area contributed by atoms with Gasteiger partial charge in [-0.2, -0.15) is 0 Å². The second kappa shape index (κ2) is 4.87. The minimum Gasteiger partial charge on any atom is -0.397 e. The minimum atomic E-state index is 0.734. The topological polar surface area (TPSA) is 76.1 Å². The Bertz CT molecular complexity index is 564. The Labute approximate surface area is 107 Å². The molecular formula is C14H18N4. The molecule has 2 aromatic carbocycles. The van der Waals surface area contributed by atoms with Gasteiger partial charge in [-0.15, -0.1) is 0 Å². The number of benzene rings is 2. The summed E-state index contributed by atoms with van der Waals surface area (Å²) in [4.78, 5) is 0.